The van der Waals surface area contributed by atoms with Crippen LogP contribution in [0.3, 0.4) is 0 Å². The lowest BCUT2D eigenvalue weighted by Crippen LogP contribution is -2.20. The number of nitrogens with one attached hydrogen (secondary N) is 1. The molecule has 0 amide bonds. The number of fused-ring (bicyclic) bond motifs is 1. The Bertz CT molecular complexity index is 616. The second-order valence-electron chi connectivity index (χ2n) is 4.55. The molecule has 0 spiro atoms. The van der Waals surface area contributed by atoms with Gasteiger partial charge in [0.25, 0.3) is 0 Å². The molecular weight excluding hydrogens is 258 g/mol. The van der Waals surface area contributed by atoms with Crippen molar-refractivity contribution in [3.63, 3.8) is 0 Å². The highest BCUT2D eigenvalue weighted by molar-refractivity contribution is 5.95. The molecule has 106 valence electrons. The predicted octanol–water partition coefficient (Wildman–Crippen LogP) is 2.72. The summed E-state index contributed by atoms with van der Waals surface area (Å²) in [6, 6.07) is 7.28. The van der Waals surface area contributed by atoms with Gasteiger partial charge in [-0.15, -0.1) is 0 Å². The number of hydrogen-bond donors (Lipinski definition) is 2. The van der Waals surface area contributed by atoms with E-state index in [1.165, 1.54) is 6.20 Å². The zero-order valence-electron chi connectivity index (χ0n) is 11.2. The van der Waals surface area contributed by atoms with Gasteiger partial charge in [0, 0.05) is 18.0 Å². The van der Waals surface area contributed by atoms with Crippen molar-refractivity contribution in [3.05, 3.63) is 40.6 Å². The fourth-order valence-electron chi connectivity index (χ4n) is 2.16. The largest absolute Gasteiger partial charge is 0.396 e. The highest BCUT2D eigenvalue weighted by Gasteiger charge is 2.20. The lowest BCUT2D eigenvalue weighted by Gasteiger charge is -2.18. The smallest absolute Gasteiger partial charge is 0.311 e. The summed E-state index contributed by atoms with van der Waals surface area (Å²) in [6.45, 7) is 2.02. The van der Waals surface area contributed by atoms with E-state index in [0.717, 1.165) is 11.8 Å². The minimum Gasteiger partial charge on any atom is -0.396 e. The lowest BCUT2D eigenvalue weighted by atomic mass is 10.1. The Labute approximate surface area is 116 Å². The summed E-state index contributed by atoms with van der Waals surface area (Å²) in [5.41, 5.74) is 1.14. The molecule has 6 heteroatoms. The summed E-state index contributed by atoms with van der Waals surface area (Å²) < 4.78 is 0. The number of hydrogen-bond acceptors (Lipinski definition) is 5. The number of aliphatic hydroxyl groups excluding tert-OH is 1. The number of nitro groups is 1. The van der Waals surface area contributed by atoms with Gasteiger partial charge in [-0.2, -0.15) is 0 Å². The van der Waals surface area contributed by atoms with E-state index in [-0.39, 0.29) is 18.3 Å². The van der Waals surface area contributed by atoms with Crippen LogP contribution >= 0.6 is 0 Å². The number of aliphatic hydroxyl groups is 1. The molecular formula is C14H17N3O3. The fourth-order valence-corrected chi connectivity index (χ4v) is 2.16. The zero-order valence-corrected chi connectivity index (χ0v) is 11.2. The molecule has 0 aliphatic rings. The average molecular weight is 275 g/mol. The highest BCUT2D eigenvalue weighted by atomic mass is 16.6. The second kappa shape index (κ2) is 6.29. The van der Waals surface area contributed by atoms with E-state index in [1.54, 1.807) is 0 Å². The number of benzene rings is 1. The van der Waals surface area contributed by atoms with E-state index >= 15 is 0 Å². The minimum absolute atomic E-state index is 0.00972. The maximum Gasteiger partial charge on any atom is 0.311 e. The first-order valence-corrected chi connectivity index (χ1v) is 6.57. The van der Waals surface area contributed by atoms with Gasteiger partial charge in [0.2, 0.25) is 0 Å². The third-order valence-corrected chi connectivity index (χ3v) is 3.27. The first-order valence-electron chi connectivity index (χ1n) is 6.57. The Morgan fingerprint density at radius 1 is 1.45 bits per heavy atom. The van der Waals surface area contributed by atoms with E-state index in [9.17, 15) is 10.1 Å². The van der Waals surface area contributed by atoms with Gasteiger partial charge >= 0.3 is 5.69 Å². The number of anilines is 1. The number of pyridine rings is 1. The van der Waals surface area contributed by atoms with Crippen LogP contribution in [0.1, 0.15) is 19.8 Å². The lowest BCUT2D eigenvalue weighted by molar-refractivity contribution is -0.384. The second-order valence-corrected chi connectivity index (χ2v) is 4.55. The Morgan fingerprint density at radius 3 is 2.85 bits per heavy atom. The normalized spacial score (nSPS) is 12.3. The Balaban J connectivity index is 2.51. The van der Waals surface area contributed by atoms with Crippen molar-refractivity contribution in [3.8, 4) is 0 Å². The molecule has 1 aromatic heterocycles. The maximum atomic E-state index is 11.2. The highest BCUT2D eigenvalue weighted by Crippen LogP contribution is 2.32. The van der Waals surface area contributed by atoms with Crippen LogP contribution in [-0.2, 0) is 0 Å². The van der Waals surface area contributed by atoms with Gasteiger partial charge in [-0.1, -0.05) is 25.1 Å². The SMILES string of the molecule is CCC(CCO)Nc1c([N+](=O)[O-])cnc2ccccc12. The van der Waals surface area contributed by atoms with Crippen LogP contribution < -0.4 is 5.32 Å². The van der Waals surface area contributed by atoms with Crippen LogP contribution in [-0.4, -0.2) is 27.7 Å². The quantitative estimate of drug-likeness (QED) is 0.625. The summed E-state index contributed by atoms with van der Waals surface area (Å²) >= 11 is 0. The third-order valence-electron chi connectivity index (χ3n) is 3.27. The first-order chi connectivity index (χ1) is 9.67. The van der Waals surface area contributed by atoms with Gasteiger partial charge in [-0.05, 0) is 18.9 Å². The van der Waals surface area contributed by atoms with Crippen LogP contribution in [0.25, 0.3) is 10.9 Å². The summed E-state index contributed by atoms with van der Waals surface area (Å²) in [4.78, 5) is 14.8. The molecule has 1 unspecified atom stereocenters. The Hall–Kier alpha value is -2.21. The van der Waals surface area contributed by atoms with Gasteiger partial charge < -0.3 is 10.4 Å². The van der Waals surface area contributed by atoms with Crippen molar-refractivity contribution in [2.75, 3.05) is 11.9 Å². The molecule has 0 radical (unpaired) electrons. The van der Waals surface area contributed by atoms with Crippen LogP contribution in [0.5, 0.6) is 0 Å². The van der Waals surface area contributed by atoms with Gasteiger partial charge in [0.05, 0.1) is 10.4 Å². The number of rotatable bonds is 6. The van der Waals surface area contributed by atoms with E-state index in [4.69, 9.17) is 5.11 Å². The Morgan fingerprint density at radius 2 is 2.20 bits per heavy atom. The van der Waals surface area contributed by atoms with Gasteiger partial charge in [0.15, 0.2) is 0 Å². The molecule has 0 fully saturated rings. The van der Waals surface area contributed by atoms with Gasteiger partial charge in [-0.25, -0.2) is 4.98 Å². The topological polar surface area (TPSA) is 88.3 Å². The molecule has 2 aromatic rings. The van der Waals surface area contributed by atoms with Crippen LogP contribution in [0, 0.1) is 10.1 Å². The molecule has 6 nitrogen and oxygen atoms in total. The summed E-state index contributed by atoms with van der Waals surface area (Å²) in [5.74, 6) is 0. The Kier molecular flexibility index (Phi) is 4.47. The number of para-hydroxylation sites is 1. The summed E-state index contributed by atoms with van der Waals surface area (Å²) in [6.07, 6.45) is 2.59. The van der Waals surface area contributed by atoms with Crippen LogP contribution in [0.2, 0.25) is 0 Å². The molecule has 0 bridgehead atoms. The molecule has 2 rings (SSSR count). The van der Waals surface area contributed by atoms with E-state index in [0.29, 0.717) is 17.6 Å². The number of aromatic nitrogens is 1. The standard InChI is InChI=1S/C14H17N3O3/c1-2-10(7-8-18)16-14-11-5-3-4-6-12(11)15-9-13(14)17(19)20/h3-6,9-10,18H,2,7-8H2,1H3,(H,15,16). The summed E-state index contributed by atoms with van der Waals surface area (Å²) in [7, 11) is 0. The predicted molar refractivity (Wildman–Crippen MR) is 77.8 cm³/mol. The fraction of sp³-hybridized carbons (Fsp3) is 0.357. The molecule has 1 heterocycles. The van der Waals surface area contributed by atoms with E-state index in [1.807, 2.05) is 31.2 Å². The van der Waals surface area contributed by atoms with Crippen molar-refractivity contribution < 1.29 is 10.0 Å². The van der Waals surface area contributed by atoms with Gasteiger partial charge in [-0.3, -0.25) is 10.1 Å². The minimum atomic E-state index is -0.437. The van der Waals surface area contributed by atoms with Crippen molar-refractivity contribution in [2.24, 2.45) is 0 Å². The summed E-state index contributed by atoms with van der Waals surface area (Å²) in [5, 5.41) is 24.1. The van der Waals surface area contributed by atoms with Crippen molar-refractivity contribution >= 4 is 22.3 Å². The molecule has 20 heavy (non-hydrogen) atoms. The van der Waals surface area contributed by atoms with Crippen LogP contribution in [0.4, 0.5) is 11.4 Å². The monoisotopic (exact) mass is 275 g/mol. The molecule has 0 aliphatic carbocycles. The van der Waals surface area contributed by atoms with E-state index in [2.05, 4.69) is 10.3 Å². The molecule has 2 N–H and O–H groups in total. The van der Waals surface area contributed by atoms with Crippen molar-refractivity contribution in [2.45, 2.75) is 25.8 Å². The van der Waals surface area contributed by atoms with Crippen LogP contribution in [0.15, 0.2) is 30.5 Å². The number of nitrogens with zero attached hydrogens (tertiary/aromatic N) is 2. The van der Waals surface area contributed by atoms with Crippen molar-refractivity contribution in [1.82, 2.24) is 4.98 Å². The van der Waals surface area contributed by atoms with Crippen molar-refractivity contribution in [1.29, 1.82) is 0 Å². The zero-order chi connectivity index (χ0) is 14.5. The average Bonchev–Trinajstić information content (AvgIpc) is 2.46. The first kappa shape index (κ1) is 14.2. The molecule has 0 saturated carbocycles. The van der Waals surface area contributed by atoms with E-state index < -0.39 is 4.92 Å². The molecule has 1 atom stereocenters. The molecule has 0 aliphatic heterocycles. The molecule has 0 saturated heterocycles. The van der Waals surface area contributed by atoms with Gasteiger partial charge in [0.1, 0.15) is 11.9 Å². The maximum absolute atomic E-state index is 11.2. The molecule has 1 aromatic carbocycles. The third kappa shape index (κ3) is 2.85.